The Morgan fingerprint density at radius 1 is 1.35 bits per heavy atom. The summed E-state index contributed by atoms with van der Waals surface area (Å²) in [5.74, 6) is -0.0627. The minimum absolute atomic E-state index is 0.0649. The molecule has 2 nitrogen and oxygen atoms in total. The molecule has 0 saturated heterocycles. The number of methoxy groups -OCH3 is 1. The summed E-state index contributed by atoms with van der Waals surface area (Å²) >= 11 is 8.61. The van der Waals surface area contributed by atoms with Crippen molar-refractivity contribution < 1.29 is 9.13 Å². The van der Waals surface area contributed by atoms with Crippen molar-refractivity contribution in [2.24, 2.45) is 0 Å². The second-order valence-corrected chi connectivity index (χ2v) is 7.64. The second-order valence-electron chi connectivity index (χ2n) is 4.33. The van der Waals surface area contributed by atoms with Gasteiger partial charge in [0.05, 0.1) is 10.9 Å². The maximum atomic E-state index is 13.7. The van der Waals surface area contributed by atoms with Crippen LogP contribution in [0.5, 0.6) is 5.75 Å². The zero-order chi connectivity index (χ0) is 14.7. The zero-order valence-electron chi connectivity index (χ0n) is 11.0. The third-order valence-electron chi connectivity index (χ3n) is 2.95. The van der Waals surface area contributed by atoms with E-state index >= 15 is 0 Å². The molecule has 1 unspecified atom stereocenters. The quantitative estimate of drug-likeness (QED) is 0.708. The van der Waals surface area contributed by atoms with Gasteiger partial charge in [-0.1, -0.05) is 6.07 Å². The van der Waals surface area contributed by atoms with Crippen LogP contribution in [0, 0.1) is 5.82 Å². The summed E-state index contributed by atoms with van der Waals surface area (Å²) in [6.45, 7) is 2.75. The fourth-order valence-electron chi connectivity index (χ4n) is 1.80. The van der Waals surface area contributed by atoms with E-state index in [9.17, 15) is 4.39 Å². The molecule has 1 aromatic heterocycles. The third-order valence-corrected chi connectivity index (χ3v) is 6.21. The van der Waals surface area contributed by atoms with Gasteiger partial charge < -0.3 is 10.1 Å². The van der Waals surface area contributed by atoms with Crippen LogP contribution in [0.3, 0.4) is 0 Å². The Kier molecular flexibility index (Phi) is 5.60. The van der Waals surface area contributed by atoms with Crippen LogP contribution < -0.4 is 10.1 Å². The molecule has 0 saturated carbocycles. The maximum Gasteiger partial charge on any atom is 0.165 e. The first-order valence-corrected chi connectivity index (χ1v) is 8.42. The number of halogens is 3. The molecule has 6 heteroatoms. The van der Waals surface area contributed by atoms with Crippen LogP contribution in [0.15, 0.2) is 32.5 Å². The van der Waals surface area contributed by atoms with Crippen LogP contribution in [0.25, 0.3) is 0 Å². The first kappa shape index (κ1) is 15.9. The summed E-state index contributed by atoms with van der Waals surface area (Å²) in [5.41, 5.74) is 0.901. The highest BCUT2D eigenvalue weighted by atomic mass is 79.9. The van der Waals surface area contributed by atoms with Gasteiger partial charge >= 0.3 is 0 Å². The molecule has 0 aliphatic heterocycles. The van der Waals surface area contributed by atoms with Gasteiger partial charge in [-0.3, -0.25) is 0 Å². The Morgan fingerprint density at radius 2 is 2.10 bits per heavy atom. The van der Waals surface area contributed by atoms with E-state index in [1.54, 1.807) is 17.4 Å². The third kappa shape index (κ3) is 3.81. The summed E-state index contributed by atoms with van der Waals surface area (Å²) < 4.78 is 20.7. The molecule has 0 spiro atoms. The van der Waals surface area contributed by atoms with Gasteiger partial charge in [0.1, 0.15) is 0 Å². The van der Waals surface area contributed by atoms with E-state index in [0.29, 0.717) is 0 Å². The molecule has 1 atom stereocenters. The fourth-order valence-corrected chi connectivity index (χ4v) is 3.93. The van der Waals surface area contributed by atoms with Crippen molar-refractivity contribution in [2.45, 2.75) is 19.5 Å². The number of thiophene rings is 1. The lowest BCUT2D eigenvalue weighted by molar-refractivity contribution is 0.385. The molecule has 0 radical (unpaired) electrons. The molecule has 1 N–H and O–H groups in total. The highest BCUT2D eigenvalue weighted by molar-refractivity contribution is 9.13. The topological polar surface area (TPSA) is 21.3 Å². The average molecular weight is 423 g/mol. The fraction of sp³-hybridized carbons (Fsp3) is 0.286. The number of rotatable bonds is 5. The molecule has 108 valence electrons. The molecule has 0 amide bonds. The van der Waals surface area contributed by atoms with E-state index in [4.69, 9.17) is 4.74 Å². The Morgan fingerprint density at radius 3 is 2.65 bits per heavy atom. The van der Waals surface area contributed by atoms with E-state index in [0.717, 1.165) is 20.4 Å². The standard InChI is InChI=1S/C14H14Br2FNOS/c1-8(9-3-4-13(19-2)12(17)5-9)18-7-10-6-11(15)14(16)20-10/h3-6,8,18H,7H2,1-2H3. The predicted molar refractivity (Wildman–Crippen MR) is 87.9 cm³/mol. The van der Waals surface area contributed by atoms with E-state index in [1.165, 1.54) is 18.1 Å². The predicted octanol–water partition coefficient (Wildman–Crippen LogP) is 5.27. The summed E-state index contributed by atoms with van der Waals surface area (Å²) in [4.78, 5) is 1.21. The lowest BCUT2D eigenvalue weighted by atomic mass is 10.1. The number of benzene rings is 1. The summed E-state index contributed by atoms with van der Waals surface area (Å²) in [5, 5.41) is 3.38. The first-order chi connectivity index (χ1) is 9.51. The van der Waals surface area contributed by atoms with Gasteiger partial charge in [0.15, 0.2) is 11.6 Å². The van der Waals surface area contributed by atoms with E-state index in [-0.39, 0.29) is 17.6 Å². The van der Waals surface area contributed by atoms with E-state index in [1.807, 2.05) is 13.0 Å². The molecule has 1 heterocycles. The van der Waals surface area contributed by atoms with Crippen LogP contribution >= 0.6 is 43.2 Å². The Hall–Kier alpha value is -0.430. The first-order valence-electron chi connectivity index (χ1n) is 6.01. The average Bonchev–Trinajstić information content (AvgIpc) is 2.75. The molecule has 0 bridgehead atoms. The summed E-state index contributed by atoms with van der Waals surface area (Å²) in [6, 6.07) is 7.18. The van der Waals surface area contributed by atoms with Crippen molar-refractivity contribution in [1.82, 2.24) is 5.32 Å². The lowest BCUT2D eigenvalue weighted by Gasteiger charge is -2.14. The van der Waals surface area contributed by atoms with Crippen molar-refractivity contribution in [1.29, 1.82) is 0 Å². The molecule has 2 rings (SSSR count). The van der Waals surface area contributed by atoms with Gasteiger partial charge in [-0.15, -0.1) is 11.3 Å². The number of hydrogen-bond donors (Lipinski definition) is 1. The second kappa shape index (κ2) is 7.02. The molecule has 0 fully saturated rings. The molecule has 0 aliphatic carbocycles. The van der Waals surface area contributed by atoms with Crippen LogP contribution in [0.1, 0.15) is 23.4 Å². The van der Waals surface area contributed by atoms with Gasteiger partial charge in [0.25, 0.3) is 0 Å². The monoisotopic (exact) mass is 421 g/mol. The number of ether oxygens (including phenoxy) is 1. The Balaban J connectivity index is 2.01. The smallest absolute Gasteiger partial charge is 0.165 e. The van der Waals surface area contributed by atoms with Gasteiger partial charge in [0, 0.05) is 21.9 Å². The lowest BCUT2D eigenvalue weighted by Crippen LogP contribution is -2.17. The van der Waals surface area contributed by atoms with Gasteiger partial charge in [-0.25, -0.2) is 4.39 Å². The molecular weight excluding hydrogens is 409 g/mol. The number of hydrogen-bond acceptors (Lipinski definition) is 3. The summed E-state index contributed by atoms with van der Waals surface area (Å²) in [7, 11) is 1.46. The van der Waals surface area contributed by atoms with Crippen LogP contribution in [0.4, 0.5) is 4.39 Å². The molecular formula is C14H14Br2FNOS. The SMILES string of the molecule is COc1ccc(C(C)NCc2cc(Br)c(Br)s2)cc1F. The molecule has 20 heavy (non-hydrogen) atoms. The minimum atomic E-state index is -0.333. The minimum Gasteiger partial charge on any atom is -0.494 e. The number of nitrogens with one attached hydrogen (secondary N) is 1. The van der Waals surface area contributed by atoms with Crippen LogP contribution in [-0.4, -0.2) is 7.11 Å². The molecule has 1 aromatic carbocycles. The van der Waals surface area contributed by atoms with E-state index < -0.39 is 0 Å². The van der Waals surface area contributed by atoms with Crippen LogP contribution in [0.2, 0.25) is 0 Å². The zero-order valence-corrected chi connectivity index (χ0v) is 15.0. The highest BCUT2D eigenvalue weighted by Crippen LogP contribution is 2.32. The van der Waals surface area contributed by atoms with Gasteiger partial charge in [-0.05, 0) is 62.5 Å². The maximum absolute atomic E-state index is 13.7. The highest BCUT2D eigenvalue weighted by Gasteiger charge is 2.10. The Bertz CT molecular complexity index is 583. The Labute approximate surface area is 138 Å². The van der Waals surface area contributed by atoms with Crippen molar-refractivity contribution in [3.63, 3.8) is 0 Å². The molecule has 2 aromatic rings. The van der Waals surface area contributed by atoms with Gasteiger partial charge in [-0.2, -0.15) is 0 Å². The van der Waals surface area contributed by atoms with Crippen molar-refractivity contribution in [3.8, 4) is 5.75 Å². The van der Waals surface area contributed by atoms with Crippen molar-refractivity contribution in [2.75, 3.05) is 7.11 Å². The van der Waals surface area contributed by atoms with Gasteiger partial charge in [0.2, 0.25) is 0 Å². The largest absolute Gasteiger partial charge is 0.494 e. The van der Waals surface area contributed by atoms with E-state index in [2.05, 4.69) is 43.2 Å². The molecule has 0 aliphatic rings. The normalized spacial score (nSPS) is 12.4. The van der Waals surface area contributed by atoms with Crippen LogP contribution in [-0.2, 0) is 6.54 Å². The van der Waals surface area contributed by atoms with Crippen molar-refractivity contribution >= 4 is 43.2 Å². The van der Waals surface area contributed by atoms with Crippen molar-refractivity contribution in [3.05, 3.63) is 48.8 Å². The summed E-state index contributed by atoms with van der Waals surface area (Å²) in [6.07, 6.45) is 0.